The molecule has 0 aliphatic carbocycles. The Morgan fingerprint density at radius 2 is 1.93 bits per heavy atom. The van der Waals surface area contributed by atoms with Crippen molar-refractivity contribution in [2.45, 2.75) is 13.1 Å². The van der Waals surface area contributed by atoms with Crippen molar-refractivity contribution >= 4 is 16.7 Å². The van der Waals surface area contributed by atoms with Gasteiger partial charge in [-0.25, -0.2) is 0 Å². The van der Waals surface area contributed by atoms with E-state index in [2.05, 4.69) is 0 Å². The van der Waals surface area contributed by atoms with E-state index < -0.39 is 28.3 Å². The van der Waals surface area contributed by atoms with Crippen LogP contribution in [-0.4, -0.2) is 46.3 Å². The predicted molar refractivity (Wildman–Crippen MR) is 49.7 cm³/mol. The fourth-order valence-electron chi connectivity index (χ4n) is 1.78. The molecule has 7 heteroatoms. The Morgan fingerprint density at radius 3 is 2.27 bits per heavy atom. The average molecular weight is 243 g/mol. The Hall–Kier alpha value is -0.590. The van der Waals surface area contributed by atoms with Crippen LogP contribution in [0.15, 0.2) is 0 Å². The van der Waals surface area contributed by atoms with Gasteiger partial charge in [0.05, 0.1) is 0 Å². The van der Waals surface area contributed by atoms with Crippen molar-refractivity contribution < 1.29 is 22.2 Å². The lowest BCUT2D eigenvalue weighted by atomic mass is 9.84. The van der Waals surface area contributed by atoms with Gasteiger partial charge < -0.3 is 4.90 Å². The Balaban J connectivity index is 2.50. The number of carbonyl (C=O) groups excluding carboxylic acids is 1. The van der Waals surface area contributed by atoms with Crippen molar-refractivity contribution in [3.8, 4) is 0 Å². The maximum Gasteiger partial charge on any atom is 0.471 e. The van der Waals surface area contributed by atoms with Gasteiger partial charge in [-0.1, -0.05) is 6.92 Å². The number of nitrogens with zero attached hydrogens (tertiary/aromatic N) is 1. The van der Waals surface area contributed by atoms with Gasteiger partial charge in [-0.05, 0) is 0 Å². The summed E-state index contributed by atoms with van der Waals surface area (Å²) < 4.78 is 46.9. The molecular weight excluding hydrogens is 231 g/mol. The fourth-order valence-corrected chi connectivity index (χ4v) is 2.94. The molecule has 1 rings (SSSR count). The molecule has 3 nitrogen and oxygen atoms in total. The van der Waals surface area contributed by atoms with Crippen LogP contribution in [0.1, 0.15) is 6.92 Å². The smallest absolute Gasteiger partial charge is 0.334 e. The Morgan fingerprint density at radius 1 is 1.47 bits per heavy atom. The van der Waals surface area contributed by atoms with E-state index >= 15 is 0 Å². The van der Waals surface area contributed by atoms with E-state index in [4.69, 9.17) is 0 Å². The third-order valence-corrected chi connectivity index (χ3v) is 3.33. The molecule has 1 unspecified atom stereocenters. The molecule has 1 amide bonds. The Bertz CT molecular complexity index is 297. The number of amides is 1. The summed E-state index contributed by atoms with van der Waals surface area (Å²) in [4.78, 5) is 11.5. The van der Waals surface area contributed by atoms with E-state index in [1.165, 1.54) is 6.26 Å². The first-order valence-corrected chi connectivity index (χ1v) is 6.03. The van der Waals surface area contributed by atoms with Crippen molar-refractivity contribution in [2.24, 2.45) is 5.41 Å². The van der Waals surface area contributed by atoms with Gasteiger partial charge in [-0.15, -0.1) is 0 Å². The van der Waals surface area contributed by atoms with Crippen molar-refractivity contribution in [1.82, 2.24) is 4.90 Å². The van der Waals surface area contributed by atoms with Crippen LogP contribution >= 0.6 is 0 Å². The molecule has 1 aliphatic heterocycles. The highest BCUT2D eigenvalue weighted by molar-refractivity contribution is 7.84. The molecule has 0 saturated carbocycles. The maximum absolute atomic E-state index is 12.0. The summed E-state index contributed by atoms with van der Waals surface area (Å²) in [5, 5.41) is 0. The van der Waals surface area contributed by atoms with Gasteiger partial charge in [0.15, 0.2) is 0 Å². The third kappa shape index (κ3) is 2.93. The van der Waals surface area contributed by atoms with Gasteiger partial charge >= 0.3 is 12.1 Å². The summed E-state index contributed by atoms with van der Waals surface area (Å²) in [6.07, 6.45) is -3.30. The van der Waals surface area contributed by atoms with Crippen LogP contribution in [0.25, 0.3) is 0 Å². The normalized spacial score (nSPS) is 22.1. The van der Waals surface area contributed by atoms with E-state index in [9.17, 15) is 22.2 Å². The van der Waals surface area contributed by atoms with E-state index in [0.717, 1.165) is 4.90 Å². The Labute approximate surface area is 88.1 Å². The molecular formula is C8H12F3NO2S. The van der Waals surface area contributed by atoms with Crippen LogP contribution in [0.4, 0.5) is 13.2 Å². The molecule has 0 aromatic rings. The summed E-state index contributed by atoms with van der Waals surface area (Å²) in [7, 11) is -1.05. The molecule has 0 radical (unpaired) electrons. The van der Waals surface area contributed by atoms with E-state index in [1.807, 2.05) is 0 Å². The molecule has 1 heterocycles. The minimum atomic E-state index is -4.80. The van der Waals surface area contributed by atoms with Gasteiger partial charge in [0.1, 0.15) is 0 Å². The number of hydrogen-bond acceptors (Lipinski definition) is 2. The lowest BCUT2D eigenvalue weighted by Crippen LogP contribution is -2.61. The highest BCUT2D eigenvalue weighted by atomic mass is 32.2. The largest absolute Gasteiger partial charge is 0.471 e. The molecule has 0 spiro atoms. The Kier molecular flexibility index (Phi) is 3.14. The zero-order chi connectivity index (χ0) is 11.9. The van der Waals surface area contributed by atoms with Crippen LogP contribution in [-0.2, 0) is 15.6 Å². The quantitative estimate of drug-likeness (QED) is 0.718. The second-order valence-electron chi connectivity index (χ2n) is 4.19. The molecule has 88 valence electrons. The van der Waals surface area contributed by atoms with E-state index in [0.29, 0.717) is 5.75 Å². The number of alkyl halides is 3. The molecule has 0 bridgehead atoms. The summed E-state index contributed by atoms with van der Waals surface area (Å²) in [5.41, 5.74) is -0.430. The van der Waals surface area contributed by atoms with Gasteiger partial charge in [0.25, 0.3) is 0 Å². The molecule has 1 aliphatic rings. The number of likely N-dealkylation sites (tertiary alicyclic amines) is 1. The topological polar surface area (TPSA) is 37.4 Å². The van der Waals surface area contributed by atoms with E-state index in [1.54, 1.807) is 6.92 Å². The van der Waals surface area contributed by atoms with Crippen molar-refractivity contribution in [3.63, 3.8) is 0 Å². The highest BCUT2D eigenvalue weighted by Gasteiger charge is 2.50. The molecule has 15 heavy (non-hydrogen) atoms. The minimum absolute atomic E-state index is 0.0327. The van der Waals surface area contributed by atoms with Gasteiger partial charge in [0, 0.05) is 41.3 Å². The van der Waals surface area contributed by atoms with E-state index in [-0.39, 0.29) is 13.1 Å². The van der Waals surface area contributed by atoms with Crippen LogP contribution in [0.3, 0.4) is 0 Å². The molecule has 1 saturated heterocycles. The first-order chi connectivity index (χ1) is 6.64. The molecule has 0 aromatic carbocycles. The van der Waals surface area contributed by atoms with Crippen molar-refractivity contribution in [2.75, 3.05) is 25.1 Å². The van der Waals surface area contributed by atoms with Gasteiger partial charge in [-0.3, -0.25) is 9.00 Å². The summed E-state index contributed by atoms with van der Waals surface area (Å²) in [5.74, 6) is -1.48. The monoisotopic (exact) mass is 243 g/mol. The minimum Gasteiger partial charge on any atom is -0.334 e. The molecule has 0 N–H and O–H groups in total. The van der Waals surface area contributed by atoms with Crippen molar-refractivity contribution in [1.29, 1.82) is 0 Å². The molecule has 1 fully saturated rings. The first kappa shape index (κ1) is 12.5. The third-order valence-electron chi connectivity index (χ3n) is 2.23. The van der Waals surface area contributed by atoms with Crippen LogP contribution in [0.5, 0.6) is 0 Å². The van der Waals surface area contributed by atoms with Crippen LogP contribution in [0.2, 0.25) is 0 Å². The zero-order valence-corrected chi connectivity index (χ0v) is 9.24. The second-order valence-corrected chi connectivity index (χ2v) is 5.62. The van der Waals surface area contributed by atoms with Crippen LogP contribution in [0, 0.1) is 5.41 Å². The number of hydrogen-bond donors (Lipinski definition) is 0. The first-order valence-electron chi connectivity index (χ1n) is 4.30. The average Bonchev–Trinajstić information content (AvgIpc) is 1.95. The standard InChI is InChI=1S/C8H12F3NO2S/c1-7(5-15(2)14)3-12(4-7)6(13)8(9,10)11/h3-5H2,1-2H3. The molecule has 1 atom stereocenters. The SMILES string of the molecule is CS(=O)CC1(C)CN(C(=O)C(F)(F)F)C1. The highest BCUT2D eigenvalue weighted by Crippen LogP contribution is 2.33. The van der Waals surface area contributed by atoms with Crippen LogP contribution < -0.4 is 0 Å². The maximum atomic E-state index is 12.0. The summed E-state index contributed by atoms with van der Waals surface area (Å²) in [6, 6.07) is 0. The van der Waals surface area contributed by atoms with Gasteiger partial charge in [-0.2, -0.15) is 13.2 Å². The van der Waals surface area contributed by atoms with Crippen molar-refractivity contribution in [3.05, 3.63) is 0 Å². The summed E-state index contributed by atoms with van der Waals surface area (Å²) >= 11 is 0. The van der Waals surface area contributed by atoms with Gasteiger partial charge in [0.2, 0.25) is 0 Å². The number of rotatable bonds is 2. The lowest BCUT2D eigenvalue weighted by molar-refractivity contribution is -0.194. The lowest BCUT2D eigenvalue weighted by Gasteiger charge is -2.47. The summed E-state index contributed by atoms with van der Waals surface area (Å²) in [6.45, 7) is 1.80. The fraction of sp³-hybridized carbons (Fsp3) is 0.875. The zero-order valence-electron chi connectivity index (χ0n) is 8.43. The number of halogens is 3. The predicted octanol–water partition coefficient (Wildman–Crippen LogP) is 0.776. The second kappa shape index (κ2) is 3.77. The molecule has 0 aromatic heterocycles. The number of carbonyl (C=O) groups is 1.